The summed E-state index contributed by atoms with van der Waals surface area (Å²) in [6.07, 6.45) is 1.43. The first-order valence-electron chi connectivity index (χ1n) is 6.03. The van der Waals surface area contributed by atoms with Crippen molar-refractivity contribution in [3.8, 4) is 5.75 Å². The lowest BCUT2D eigenvalue weighted by Gasteiger charge is -2.20. The molecule has 0 saturated carbocycles. The van der Waals surface area contributed by atoms with E-state index in [0.717, 1.165) is 5.41 Å². The van der Waals surface area contributed by atoms with Crippen molar-refractivity contribution in [2.24, 2.45) is 0 Å². The monoisotopic (exact) mass is 296 g/mol. The van der Waals surface area contributed by atoms with Crippen molar-refractivity contribution in [2.45, 2.75) is 31.3 Å². The zero-order valence-corrected chi connectivity index (χ0v) is 12.6. The summed E-state index contributed by atoms with van der Waals surface area (Å²) in [5.74, 6) is -0.330. The molecule has 108 valence electrons. The minimum absolute atomic E-state index is 0.140. The summed E-state index contributed by atoms with van der Waals surface area (Å²) in [5, 5.41) is 1.10. The molecule has 0 atom stereocenters. The minimum Gasteiger partial charge on any atom is -0.495 e. The molecule has 0 aliphatic carbocycles. The highest BCUT2D eigenvalue weighted by molar-refractivity contribution is 7.94. The van der Waals surface area contributed by atoms with Crippen LogP contribution in [0.2, 0.25) is 0 Å². The van der Waals surface area contributed by atoms with E-state index < -0.39 is 21.4 Å². The molecule has 0 saturated heterocycles. The minimum atomic E-state index is -3.43. The van der Waals surface area contributed by atoms with Gasteiger partial charge in [-0.1, -0.05) is 0 Å². The Bertz CT molecular complexity index is 693. The van der Waals surface area contributed by atoms with Gasteiger partial charge >= 0.3 is 5.97 Å². The third-order valence-electron chi connectivity index (χ3n) is 2.70. The SMILES string of the molecule is COc1c(C(=O)OC(C)(C)C)ccc2c1C=CS2(=O)=O. The molecule has 0 fully saturated rings. The summed E-state index contributed by atoms with van der Waals surface area (Å²) in [7, 11) is -2.04. The highest BCUT2D eigenvalue weighted by atomic mass is 32.2. The maximum absolute atomic E-state index is 12.1. The van der Waals surface area contributed by atoms with Crippen LogP contribution in [-0.4, -0.2) is 27.1 Å². The standard InChI is InChI=1S/C14H16O5S/c1-14(2,3)19-13(15)10-5-6-11-9(12(10)18-4)7-8-20(11,16)17/h5-8H,1-4H3. The fraction of sp³-hybridized carbons (Fsp3) is 0.357. The predicted molar refractivity (Wildman–Crippen MR) is 74.4 cm³/mol. The lowest BCUT2D eigenvalue weighted by Crippen LogP contribution is -2.24. The van der Waals surface area contributed by atoms with Crippen LogP contribution in [0.25, 0.3) is 6.08 Å². The summed E-state index contributed by atoms with van der Waals surface area (Å²) in [4.78, 5) is 12.3. The van der Waals surface area contributed by atoms with Crippen LogP contribution in [0.15, 0.2) is 22.4 Å². The molecular formula is C14H16O5S. The number of esters is 1. The summed E-state index contributed by atoms with van der Waals surface area (Å²) < 4.78 is 34.0. The van der Waals surface area contributed by atoms with Crippen LogP contribution in [0.5, 0.6) is 5.75 Å². The number of ether oxygens (including phenoxy) is 2. The number of carbonyl (C=O) groups excluding carboxylic acids is 1. The van der Waals surface area contributed by atoms with E-state index in [4.69, 9.17) is 9.47 Å². The van der Waals surface area contributed by atoms with Crippen LogP contribution in [0.4, 0.5) is 0 Å². The third-order valence-corrected chi connectivity index (χ3v) is 4.16. The summed E-state index contributed by atoms with van der Waals surface area (Å²) in [6.45, 7) is 5.28. The van der Waals surface area contributed by atoms with E-state index in [9.17, 15) is 13.2 Å². The summed E-state index contributed by atoms with van der Waals surface area (Å²) in [6, 6.07) is 2.81. The first-order chi connectivity index (χ1) is 9.15. The Labute approximate surface area is 118 Å². The lowest BCUT2D eigenvalue weighted by atomic mass is 10.1. The molecule has 20 heavy (non-hydrogen) atoms. The molecule has 6 heteroatoms. The molecule has 0 N–H and O–H groups in total. The largest absolute Gasteiger partial charge is 0.495 e. The van der Waals surface area contributed by atoms with E-state index in [-0.39, 0.29) is 16.2 Å². The molecule has 0 unspecified atom stereocenters. The molecular weight excluding hydrogens is 280 g/mol. The van der Waals surface area contributed by atoms with Crippen molar-refractivity contribution < 1.29 is 22.7 Å². The van der Waals surface area contributed by atoms with Gasteiger partial charge < -0.3 is 9.47 Å². The van der Waals surface area contributed by atoms with E-state index >= 15 is 0 Å². The molecule has 2 rings (SSSR count). The Morgan fingerprint density at radius 2 is 1.85 bits per heavy atom. The van der Waals surface area contributed by atoms with Crippen LogP contribution < -0.4 is 4.74 Å². The van der Waals surface area contributed by atoms with E-state index in [0.29, 0.717) is 5.56 Å². The fourth-order valence-corrected chi connectivity index (χ4v) is 3.12. The molecule has 1 aromatic rings. The van der Waals surface area contributed by atoms with Gasteiger partial charge in [0, 0.05) is 11.0 Å². The van der Waals surface area contributed by atoms with Crippen LogP contribution >= 0.6 is 0 Å². The van der Waals surface area contributed by atoms with E-state index in [1.165, 1.54) is 25.3 Å². The molecule has 1 heterocycles. The van der Waals surface area contributed by atoms with Gasteiger partial charge in [0.2, 0.25) is 9.84 Å². The van der Waals surface area contributed by atoms with Gasteiger partial charge in [-0.05, 0) is 39.0 Å². The maximum atomic E-state index is 12.1. The molecule has 0 spiro atoms. The first kappa shape index (κ1) is 14.6. The van der Waals surface area contributed by atoms with Crippen molar-refractivity contribution in [1.29, 1.82) is 0 Å². The van der Waals surface area contributed by atoms with E-state index in [1.807, 2.05) is 0 Å². The first-order valence-corrected chi connectivity index (χ1v) is 7.58. The number of methoxy groups -OCH3 is 1. The Hall–Kier alpha value is -1.82. The highest BCUT2D eigenvalue weighted by Gasteiger charge is 2.29. The number of benzene rings is 1. The zero-order chi connectivity index (χ0) is 15.1. The summed E-state index contributed by atoms with van der Waals surface area (Å²) >= 11 is 0. The molecule has 0 amide bonds. The van der Waals surface area contributed by atoms with Gasteiger partial charge in [-0.3, -0.25) is 0 Å². The van der Waals surface area contributed by atoms with Gasteiger partial charge in [0.1, 0.15) is 16.9 Å². The Kier molecular flexibility index (Phi) is 3.37. The Morgan fingerprint density at radius 3 is 2.40 bits per heavy atom. The van der Waals surface area contributed by atoms with Gasteiger partial charge in [-0.2, -0.15) is 0 Å². The third kappa shape index (κ3) is 2.56. The topological polar surface area (TPSA) is 69.7 Å². The normalized spacial score (nSPS) is 15.8. The van der Waals surface area contributed by atoms with Crippen molar-refractivity contribution in [3.05, 3.63) is 28.7 Å². The zero-order valence-electron chi connectivity index (χ0n) is 11.8. The van der Waals surface area contributed by atoms with E-state index in [2.05, 4.69) is 0 Å². The second-order valence-corrected chi connectivity index (χ2v) is 7.21. The maximum Gasteiger partial charge on any atom is 0.342 e. The van der Waals surface area contributed by atoms with Crippen LogP contribution in [0.1, 0.15) is 36.7 Å². The van der Waals surface area contributed by atoms with Crippen molar-refractivity contribution in [2.75, 3.05) is 7.11 Å². The van der Waals surface area contributed by atoms with Gasteiger partial charge in [0.05, 0.1) is 12.0 Å². The lowest BCUT2D eigenvalue weighted by molar-refractivity contribution is 0.00663. The fourth-order valence-electron chi connectivity index (χ4n) is 1.93. The molecule has 1 aliphatic rings. The predicted octanol–water partition coefficient (Wildman–Crippen LogP) is 2.41. The van der Waals surface area contributed by atoms with E-state index in [1.54, 1.807) is 20.8 Å². The smallest absolute Gasteiger partial charge is 0.342 e. The van der Waals surface area contributed by atoms with Crippen molar-refractivity contribution in [3.63, 3.8) is 0 Å². The molecule has 5 nitrogen and oxygen atoms in total. The molecule has 0 radical (unpaired) electrons. The van der Waals surface area contributed by atoms with Crippen LogP contribution in [0, 0.1) is 0 Å². The number of fused-ring (bicyclic) bond motifs is 1. The molecule has 1 aromatic carbocycles. The van der Waals surface area contributed by atoms with Crippen molar-refractivity contribution >= 4 is 21.9 Å². The number of rotatable bonds is 2. The molecule has 0 aromatic heterocycles. The molecule has 1 aliphatic heterocycles. The second-order valence-electron chi connectivity index (χ2n) is 5.41. The molecule has 0 bridgehead atoms. The number of hydrogen-bond donors (Lipinski definition) is 0. The highest BCUT2D eigenvalue weighted by Crippen LogP contribution is 2.37. The number of hydrogen-bond acceptors (Lipinski definition) is 5. The summed E-state index contributed by atoms with van der Waals surface area (Å²) in [5.41, 5.74) is -0.0398. The quantitative estimate of drug-likeness (QED) is 0.784. The average Bonchev–Trinajstić information content (AvgIpc) is 2.62. The average molecular weight is 296 g/mol. The van der Waals surface area contributed by atoms with Crippen LogP contribution in [0.3, 0.4) is 0 Å². The van der Waals surface area contributed by atoms with Crippen LogP contribution in [-0.2, 0) is 14.6 Å². The van der Waals surface area contributed by atoms with Gasteiger partial charge in [0.15, 0.2) is 0 Å². The Balaban J connectivity index is 2.53. The number of sulfone groups is 1. The second kappa shape index (κ2) is 4.63. The van der Waals surface area contributed by atoms with Gasteiger partial charge in [-0.15, -0.1) is 0 Å². The van der Waals surface area contributed by atoms with Gasteiger partial charge in [0.25, 0.3) is 0 Å². The Morgan fingerprint density at radius 1 is 1.20 bits per heavy atom. The number of carbonyl (C=O) groups is 1. The van der Waals surface area contributed by atoms with Crippen molar-refractivity contribution in [1.82, 2.24) is 0 Å². The van der Waals surface area contributed by atoms with Gasteiger partial charge in [-0.25, -0.2) is 13.2 Å².